The topological polar surface area (TPSA) is 91.0 Å². The third kappa shape index (κ3) is 4.65. The van der Waals surface area contributed by atoms with Crippen molar-refractivity contribution < 1.29 is 19.1 Å². The van der Waals surface area contributed by atoms with E-state index in [0.29, 0.717) is 12.2 Å². The Balaban J connectivity index is 1.41. The molecule has 3 aliphatic heterocycles. The predicted molar refractivity (Wildman–Crippen MR) is 151 cm³/mol. The van der Waals surface area contributed by atoms with Gasteiger partial charge in [-0.1, -0.05) is 35.5 Å². The first-order chi connectivity index (χ1) is 18.4. The molecule has 0 aliphatic carbocycles. The lowest BCUT2D eigenvalue weighted by atomic mass is 9.26. The van der Waals surface area contributed by atoms with Crippen molar-refractivity contribution in [2.45, 2.75) is 34.9 Å². The summed E-state index contributed by atoms with van der Waals surface area (Å²) in [5.41, 5.74) is 3.02. The number of benzene rings is 2. The molecule has 5 rings (SSSR count). The Labute approximate surface area is 235 Å². The van der Waals surface area contributed by atoms with Crippen LogP contribution in [0.3, 0.4) is 0 Å². The van der Waals surface area contributed by atoms with Gasteiger partial charge in [0.25, 0.3) is 5.91 Å². The Hall–Kier alpha value is -2.84. The van der Waals surface area contributed by atoms with Crippen molar-refractivity contribution in [1.82, 2.24) is 15.1 Å². The van der Waals surface area contributed by atoms with Crippen molar-refractivity contribution in [2.75, 3.05) is 31.6 Å². The molecule has 3 amide bonds. The minimum Gasteiger partial charge on any atom is -0.381 e. The highest BCUT2D eigenvalue weighted by Crippen LogP contribution is 2.53. The highest BCUT2D eigenvalue weighted by molar-refractivity contribution is 6.63. The van der Waals surface area contributed by atoms with Gasteiger partial charge in [0.15, 0.2) is 0 Å². The van der Waals surface area contributed by atoms with Crippen molar-refractivity contribution in [3.05, 3.63) is 64.7 Å². The second-order valence-corrected chi connectivity index (χ2v) is 10.3. The number of hydrogen-bond donors (Lipinski definition) is 2. The van der Waals surface area contributed by atoms with Gasteiger partial charge in [-0.3, -0.25) is 24.6 Å². The van der Waals surface area contributed by atoms with Crippen LogP contribution in [0.25, 0.3) is 0 Å². The molecule has 2 aromatic carbocycles. The summed E-state index contributed by atoms with van der Waals surface area (Å²) in [6.07, 6.45) is 0. The van der Waals surface area contributed by atoms with Crippen LogP contribution >= 0.6 is 0 Å². The van der Waals surface area contributed by atoms with Gasteiger partial charge < -0.3 is 15.0 Å². The van der Waals surface area contributed by atoms with E-state index in [0.717, 1.165) is 48.9 Å². The van der Waals surface area contributed by atoms with Crippen molar-refractivity contribution in [3.8, 4) is 0 Å². The zero-order valence-electron chi connectivity index (χ0n) is 21.4. The molecule has 8 nitrogen and oxygen atoms in total. The number of ether oxygens (including phenoxy) is 1. The van der Waals surface area contributed by atoms with Gasteiger partial charge in [-0.05, 0) is 39.4 Å². The van der Waals surface area contributed by atoms with Gasteiger partial charge in [-0.15, -0.1) is 0 Å². The molecule has 0 aromatic heterocycles. The fraction of sp³-hybridized carbons (Fsp3) is 0.400. The summed E-state index contributed by atoms with van der Waals surface area (Å²) in [6.45, 7) is 4.43. The number of fused-ring (bicyclic) bond motifs is 1. The fourth-order valence-corrected chi connectivity index (χ4v) is 5.37. The molecule has 0 saturated carbocycles. The first-order valence-corrected chi connectivity index (χ1v) is 12.5. The van der Waals surface area contributed by atoms with E-state index >= 15 is 0 Å². The van der Waals surface area contributed by atoms with Gasteiger partial charge in [0.2, 0.25) is 11.8 Å². The maximum absolute atomic E-state index is 13.6. The lowest BCUT2D eigenvalue weighted by Crippen LogP contribution is -2.69. The van der Waals surface area contributed by atoms with E-state index in [1.54, 1.807) is 12.1 Å². The number of hydrogen-bond acceptors (Lipinski definition) is 6. The van der Waals surface area contributed by atoms with Crippen LogP contribution in [0.2, 0.25) is 10.4 Å². The number of piperidine rings is 1. The maximum Gasteiger partial charge on any atom is 0.254 e. The van der Waals surface area contributed by atoms with Crippen molar-refractivity contribution in [2.24, 2.45) is 0 Å². The SMILES string of the molecule is [B]C1([B])c2c(NCc3cccc(CN4CCOCC4)c3)cccc2C(=O)N1C1C(=O)NC(=O)C([B])([B])C1([B])[B]. The number of morpholine rings is 1. The summed E-state index contributed by atoms with van der Waals surface area (Å²) in [5.74, 6) is -2.79. The Morgan fingerprint density at radius 3 is 2.33 bits per heavy atom. The molecule has 2 N–H and O–H groups in total. The Kier molecular flexibility index (Phi) is 7.08. The molecular weight excluding hydrogens is 485 g/mol. The molecule has 12 radical (unpaired) electrons. The lowest BCUT2D eigenvalue weighted by molar-refractivity contribution is -0.138. The molecule has 0 bridgehead atoms. The van der Waals surface area contributed by atoms with Crippen LogP contribution in [0.4, 0.5) is 5.69 Å². The molecule has 0 spiro atoms. The zero-order valence-corrected chi connectivity index (χ0v) is 21.4. The summed E-state index contributed by atoms with van der Waals surface area (Å²) in [5, 5.41) is -1.51. The highest BCUT2D eigenvalue weighted by atomic mass is 16.5. The number of carbonyl (C=O) groups excluding carboxylic acids is 3. The largest absolute Gasteiger partial charge is 0.381 e. The van der Waals surface area contributed by atoms with Crippen LogP contribution in [0.15, 0.2) is 42.5 Å². The quantitative estimate of drug-likeness (QED) is 0.384. The van der Waals surface area contributed by atoms with Crippen molar-refractivity contribution >= 4 is 70.5 Å². The van der Waals surface area contributed by atoms with E-state index in [1.807, 2.05) is 17.4 Å². The lowest BCUT2D eigenvalue weighted by Gasteiger charge is -2.56. The first kappa shape index (κ1) is 27.7. The minimum atomic E-state index is -2.40. The molecule has 1 unspecified atom stereocenters. The van der Waals surface area contributed by atoms with Gasteiger partial charge in [0.1, 0.15) is 6.04 Å². The second-order valence-electron chi connectivity index (χ2n) is 10.3. The van der Waals surface area contributed by atoms with Crippen LogP contribution in [-0.4, -0.2) is 107 Å². The average Bonchev–Trinajstić information content (AvgIpc) is 3.08. The smallest absolute Gasteiger partial charge is 0.254 e. The molecule has 2 fully saturated rings. The van der Waals surface area contributed by atoms with Crippen LogP contribution < -0.4 is 10.6 Å². The second kappa shape index (κ2) is 9.97. The summed E-state index contributed by atoms with van der Waals surface area (Å²) in [6, 6.07) is 11.3. The predicted octanol–water partition coefficient (Wildman–Crippen LogP) is -1.03. The molecule has 2 saturated heterocycles. The average molecular weight is 507 g/mol. The van der Waals surface area contributed by atoms with E-state index in [2.05, 4.69) is 22.3 Å². The van der Waals surface area contributed by atoms with Crippen molar-refractivity contribution in [1.29, 1.82) is 0 Å². The van der Waals surface area contributed by atoms with E-state index in [4.69, 9.17) is 51.8 Å². The van der Waals surface area contributed by atoms with Crippen LogP contribution in [0.1, 0.15) is 27.0 Å². The number of nitrogens with zero attached hydrogens (tertiary/aromatic N) is 2. The van der Waals surface area contributed by atoms with Crippen LogP contribution in [-0.2, 0) is 32.8 Å². The summed E-state index contributed by atoms with van der Waals surface area (Å²) in [4.78, 5) is 41.9. The van der Waals surface area contributed by atoms with E-state index in [1.165, 1.54) is 6.07 Å². The van der Waals surface area contributed by atoms with E-state index < -0.39 is 39.5 Å². The Morgan fingerprint density at radius 2 is 1.62 bits per heavy atom. The molecule has 3 aliphatic rings. The minimum absolute atomic E-state index is 0.145. The van der Waals surface area contributed by atoms with E-state index in [-0.39, 0.29) is 11.1 Å². The van der Waals surface area contributed by atoms with E-state index in [9.17, 15) is 14.4 Å². The number of imide groups is 1. The Morgan fingerprint density at radius 1 is 0.949 bits per heavy atom. The normalized spacial score (nSPS) is 23.7. The molecule has 1 atom stereocenters. The monoisotopic (exact) mass is 508 g/mol. The number of carbonyl (C=O) groups is 3. The molecular formula is C25H22B6N4O4. The molecule has 14 heteroatoms. The van der Waals surface area contributed by atoms with Gasteiger partial charge in [-0.25, -0.2) is 0 Å². The van der Waals surface area contributed by atoms with Gasteiger partial charge in [0.05, 0.1) is 60.3 Å². The van der Waals surface area contributed by atoms with Crippen LogP contribution in [0, 0.1) is 0 Å². The fourth-order valence-electron chi connectivity index (χ4n) is 5.37. The number of anilines is 1. The number of amides is 3. The van der Waals surface area contributed by atoms with Gasteiger partial charge >= 0.3 is 0 Å². The standard InChI is InChI=1S/C25H22B6N4O4/c26-23(27)19(20(36)33-22(38)24(23,28)29)35-21(37)16-5-2-6-17(18(16)25(35,30)31)32-12-14-3-1-4-15(11-14)13-34-7-9-39-10-8-34/h1-6,11,19,32H,7-10,12-13H2,(H,33,36,38). The summed E-state index contributed by atoms with van der Waals surface area (Å²) >= 11 is 0. The summed E-state index contributed by atoms with van der Waals surface area (Å²) in [7, 11) is 37.1. The number of rotatable bonds is 6. The Bertz CT molecular complexity index is 1330. The molecule has 2 aromatic rings. The molecule has 184 valence electrons. The third-order valence-electron chi connectivity index (χ3n) is 7.58. The maximum atomic E-state index is 13.6. The van der Waals surface area contributed by atoms with Crippen molar-refractivity contribution in [3.63, 3.8) is 0 Å². The summed E-state index contributed by atoms with van der Waals surface area (Å²) < 4.78 is 5.43. The molecule has 39 heavy (non-hydrogen) atoms. The van der Waals surface area contributed by atoms with Gasteiger partial charge in [-0.2, -0.15) is 0 Å². The molecule has 3 heterocycles. The van der Waals surface area contributed by atoms with Crippen LogP contribution in [0.5, 0.6) is 0 Å². The van der Waals surface area contributed by atoms with Gasteiger partial charge in [0, 0.05) is 37.4 Å². The number of nitrogens with one attached hydrogen (secondary N) is 2. The zero-order chi connectivity index (χ0) is 28.2. The highest BCUT2D eigenvalue weighted by Gasteiger charge is 2.59. The first-order valence-electron chi connectivity index (χ1n) is 12.5. The third-order valence-corrected chi connectivity index (χ3v) is 7.58.